The average molecular weight is 326 g/mol. The van der Waals surface area contributed by atoms with Gasteiger partial charge in [-0.2, -0.15) is 0 Å². The number of rotatable bonds is 5. The summed E-state index contributed by atoms with van der Waals surface area (Å²) >= 11 is 0. The molecular weight excluding hydrogens is 300 g/mol. The molecule has 0 N–H and O–H groups in total. The molecule has 1 aromatic carbocycles. The van der Waals surface area contributed by atoms with Gasteiger partial charge in [-0.3, -0.25) is 4.90 Å². The Morgan fingerprint density at radius 2 is 2.08 bits per heavy atom. The number of aromatic nitrogens is 2. The Labute approximate surface area is 144 Å². The number of benzene rings is 1. The molecule has 24 heavy (non-hydrogen) atoms. The Kier molecular flexibility index (Phi) is 5.56. The topological polar surface area (TPSA) is 41.5 Å². The van der Waals surface area contributed by atoms with Crippen LogP contribution in [0.25, 0.3) is 0 Å². The summed E-state index contributed by atoms with van der Waals surface area (Å²) in [6, 6.07) is 10.5. The van der Waals surface area contributed by atoms with Gasteiger partial charge in [-0.1, -0.05) is 24.3 Å². The fraction of sp³-hybridized carbons (Fsp3) is 0.474. The molecule has 5 heteroatoms. The van der Waals surface area contributed by atoms with Crippen LogP contribution < -0.4 is 0 Å². The molecule has 5 nitrogen and oxygen atoms in total. The number of aryl methyl sites for hydroxylation is 1. The molecule has 0 amide bonds. The highest BCUT2D eigenvalue weighted by molar-refractivity contribution is 5.25. The Morgan fingerprint density at radius 3 is 2.88 bits per heavy atom. The van der Waals surface area contributed by atoms with Crippen LogP contribution in [0.1, 0.15) is 28.7 Å². The number of nitrogens with zero attached hydrogens (tertiary/aromatic N) is 4. The first-order chi connectivity index (χ1) is 11.6. The van der Waals surface area contributed by atoms with Crippen molar-refractivity contribution < 1.29 is 4.74 Å². The molecule has 0 radical (unpaired) electrons. The minimum atomic E-state index is -0.0510. The molecule has 1 aliphatic heterocycles. The van der Waals surface area contributed by atoms with Crippen LogP contribution in [0.5, 0.6) is 0 Å². The SMILES string of the molecule is Cc1ccccc1CN1CCO[C@@H](c2nccc(CN(C)C)n2)C1. The molecule has 0 saturated carbocycles. The first-order valence-electron chi connectivity index (χ1n) is 8.47. The molecule has 1 saturated heterocycles. The summed E-state index contributed by atoms with van der Waals surface area (Å²) in [6.07, 6.45) is 1.79. The highest BCUT2D eigenvalue weighted by Gasteiger charge is 2.24. The molecule has 2 heterocycles. The van der Waals surface area contributed by atoms with Crippen LogP contribution in [0.2, 0.25) is 0 Å². The maximum Gasteiger partial charge on any atom is 0.158 e. The van der Waals surface area contributed by atoms with Crippen molar-refractivity contribution in [2.45, 2.75) is 26.1 Å². The van der Waals surface area contributed by atoms with Gasteiger partial charge < -0.3 is 9.64 Å². The minimum absolute atomic E-state index is 0.0510. The molecule has 0 bridgehead atoms. The lowest BCUT2D eigenvalue weighted by molar-refractivity contribution is -0.0374. The van der Waals surface area contributed by atoms with Crippen molar-refractivity contribution in [2.75, 3.05) is 33.8 Å². The fourth-order valence-corrected chi connectivity index (χ4v) is 3.01. The number of hydrogen-bond acceptors (Lipinski definition) is 5. The smallest absolute Gasteiger partial charge is 0.158 e. The molecule has 1 atom stereocenters. The second kappa shape index (κ2) is 7.83. The summed E-state index contributed by atoms with van der Waals surface area (Å²) in [6.45, 7) is 6.43. The molecule has 0 unspecified atom stereocenters. The van der Waals surface area contributed by atoms with Crippen LogP contribution in [0.3, 0.4) is 0 Å². The summed E-state index contributed by atoms with van der Waals surface area (Å²) < 4.78 is 5.94. The summed E-state index contributed by atoms with van der Waals surface area (Å²) in [5, 5.41) is 0. The fourth-order valence-electron chi connectivity index (χ4n) is 3.01. The predicted molar refractivity (Wildman–Crippen MR) is 94.6 cm³/mol. The van der Waals surface area contributed by atoms with E-state index in [1.54, 1.807) is 0 Å². The molecule has 1 fully saturated rings. The second-order valence-electron chi connectivity index (χ2n) is 6.66. The van der Waals surface area contributed by atoms with E-state index < -0.39 is 0 Å². The van der Waals surface area contributed by atoms with Gasteiger partial charge in [0.25, 0.3) is 0 Å². The summed E-state index contributed by atoms with van der Waals surface area (Å²) in [4.78, 5) is 13.7. The molecule has 1 aromatic heterocycles. The molecule has 0 spiro atoms. The largest absolute Gasteiger partial charge is 0.368 e. The maximum atomic E-state index is 5.94. The molecule has 2 aromatic rings. The molecule has 128 valence electrons. The van der Waals surface area contributed by atoms with E-state index in [2.05, 4.69) is 46.0 Å². The molecule has 3 rings (SSSR count). The molecule has 0 aliphatic carbocycles. The van der Waals surface area contributed by atoms with Crippen molar-refractivity contribution in [3.63, 3.8) is 0 Å². The predicted octanol–water partition coefficient (Wildman–Crippen LogP) is 2.42. The Morgan fingerprint density at radius 1 is 1.25 bits per heavy atom. The van der Waals surface area contributed by atoms with Crippen LogP contribution >= 0.6 is 0 Å². The molecular formula is C19H26N4O. The monoisotopic (exact) mass is 326 g/mol. The van der Waals surface area contributed by atoms with E-state index in [9.17, 15) is 0 Å². The van der Waals surface area contributed by atoms with E-state index in [4.69, 9.17) is 9.72 Å². The summed E-state index contributed by atoms with van der Waals surface area (Å²) in [5.41, 5.74) is 3.75. The first-order valence-corrected chi connectivity index (χ1v) is 8.47. The zero-order valence-electron chi connectivity index (χ0n) is 14.8. The maximum absolute atomic E-state index is 5.94. The summed E-state index contributed by atoms with van der Waals surface area (Å²) in [7, 11) is 4.09. The van der Waals surface area contributed by atoms with E-state index in [1.165, 1.54) is 11.1 Å². The van der Waals surface area contributed by atoms with Crippen LogP contribution in [0.15, 0.2) is 36.5 Å². The Hall–Kier alpha value is -1.82. The third-order valence-corrected chi connectivity index (χ3v) is 4.30. The zero-order valence-corrected chi connectivity index (χ0v) is 14.8. The quantitative estimate of drug-likeness (QED) is 0.844. The normalized spacial score (nSPS) is 18.9. The van der Waals surface area contributed by atoms with Crippen molar-refractivity contribution >= 4 is 0 Å². The average Bonchev–Trinajstić information content (AvgIpc) is 2.57. The second-order valence-corrected chi connectivity index (χ2v) is 6.66. The van der Waals surface area contributed by atoms with Gasteiger partial charge in [0.15, 0.2) is 5.82 Å². The third kappa shape index (κ3) is 4.38. The van der Waals surface area contributed by atoms with Gasteiger partial charge in [0.05, 0.1) is 12.3 Å². The van der Waals surface area contributed by atoms with E-state index in [0.717, 1.165) is 44.3 Å². The zero-order chi connectivity index (χ0) is 16.9. The molecule has 1 aliphatic rings. The van der Waals surface area contributed by atoms with Gasteiger partial charge in [-0.05, 0) is 38.2 Å². The van der Waals surface area contributed by atoms with Gasteiger partial charge in [0.2, 0.25) is 0 Å². The summed E-state index contributed by atoms with van der Waals surface area (Å²) in [5.74, 6) is 0.795. The third-order valence-electron chi connectivity index (χ3n) is 4.30. The van der Waals surface area contributed by atoms with Crippen LogP contribution in [0.4, 0.5) is 0 Å². The first kappa shape index (κ1) is 17.0. The van der Waals surface area contributed by atoms with Crippen LogP contribution in [-0.4, -0.2) is 53.6 Å². The van der Waals surface area contributed by atoms with Crippen molar-refractivity contribution in [1.29, 1.82) is 0 Å². The lowest BCUT2D eigenvalue weighted by atomic mass is 10.1. The van der Waals surface area contributed by atoms with E-state index >= 15 is 0 Å². The highest BCUT2D eigenvalue weighted by atomic mass is 16.5. The Bertz CT molecular complexity index is 674. The lowest BCUT2D eigenvalue weighted by Crippen LogP contribution is -2.38. The van der Waals surface area contributed by atoms with Crippen molar-refractivity contribution in [3.05, 3.63) is 59.2 Å². The number of ether oxygens (including phenoxy) is 1. The van der Waals surface area contributed by atoms with Gasteiger partial charge in [-0.25, -0.2) is 9.97 Å². The number of morpholine rings is 1. The Balaban J connectivity index is 1.68. The van der Waals surface area contributed by atoms with Crippen LogP contribution in [0, 0.1) is 6.92 Å². The van der Waals surface area contributed by atoms with Crippen molar-refractivity contribution in [1.82, 2.24) is 19.8 Å². The van der Waals surface area contributed by atoms with Gasteiger partial charge in [-0.15, -0.1) is 0 Å². The highest BCUT2D eigenvalue weighted by Crippen LogP contribution is 2.21. The standard InChI is InChI=1S/C19H26N4O/c1-15-6-4-5-7-16(15)12-23-10-11-24-18(14-23)19-20-9-8-17(21-19)13-22(2)3/h4-9,18H,10-14H2,1-3H3/t18-/m1/s1. The van der Waals surface area contributed by atoms with Crippen LogP contribution in [-0.2, 0) is 17.8 Å². The number of hydrogen-bond donors (Lipinski definition) is 0. The minimum Gasteiger partial charge on any atom is -0.368 e. The van der Waals surface area contributed by atoms with Crippen molar-refractivity contribution in [3.8, 4) is 0 Å². The van der Waals surface area contributed by atoms with E-state index in [0.29, 0.717) is 0 Å². The van der Waals surface area contributed by atoms with Gasteiger partial charge >= 0.3 is 0 Å². The van der Waals surface area contributed by atoms with Gasteiger partial charge in [0.1, 0.15) is 6.10 Å². The van der Waals surface area contributed by atoms with E-state index in [1.807, 2.05) is 26.4 Å². The van der Waals surface area contributed by atoms with Gasteiger partial charge in [0, 0.05) is 32.4 Å². The van der Waals surface area contributed by atoms with E-state index in [-0.39, 0.29) is 6.10 Å². The van der Waals surface area contributed by atoms with Crippen molar-refractivity contribution in [2.24, 2.45) is 0 Å². The lowest BCUT2D eigenvalue weighted by Gasteiger charge is -2.32.